The Kier molecular flexibility index (Phi) is 5.64. The Morgan fingerprint density at radius 1 is 1.30 bits per heavy atom. The monoisotopic (exact) mass is 223 g/mol. The number of rotatable bonds is 4. The zero-order chi connectivity index (χ0) is 8.15. The van der Waals surface area contributed by atoms with Crippen LogP contribution in [-0.2, 0) is 4.79 Å². The second-order valence-electron chi connectivity index (χ2n) is 1.47. The van der Waals surface area contributed by atoms with Crippen molar-refractivity contribution in [3.8, 4) is 0 Å². The molecule has 6 heteroatoms. The molecule has 0 saturated carbocycles. The lowest BCUT2D eigenvalue weighted by atomic mass is 10.7. The predicted octanol–water partition coefficient (Wildman–Crippen LogP) is 2.01. The molecular formula is C4H5Cl4NO. The first-order chi connectivity index (χ1) is 4.57. The van der Waals surface area contributed by atoms with E-state index in [1.807, 2.05) is 0 Å². The molecule has 0 rings (SSSR count). The minimum absolute atomic E-state index is 0.129. The third kappa shape index (κ3) is 4.45. The van der Waals surface area contributed by atoms with Crippen molar-refractivity contribution in [2.45, 2.75) is 9.80 Å². The first-order valence-corrected chi connectivity index (χ1v) is 4.10. The van der Waals surface area contributed by atoms with E-state index in [2.05, 4.69) is 0 Å². The fourth-order valence-corrected chi connectivity index (χ4v) is 0.898. The quantitative estimate of drug-likeness (QED) is 0.407. The highest BCUT2D eigenvalue weighted by Gasteiger charge is 2.12. The maximum absolute atomic E-state index is 10.1. The summed E-state index contributed by atoms with van der Waals surface area (Å²) in [5.74, 6) is 0. The van der Waals surface area contributed by atoms with E-state index in [1.54, 1.807) is 0 Å². The standard InChI is InChI=1S/C4H5Cl4NO/c5-3(6)1-9(2-10)4(7)8/h2-4H,1H2. The molecule has 60 valence electrons. The molecule has 0 aliphatic rings. The largest absolute Gasteiger partial charge is 0.313 e. The average Bonchev–Trinajstić information content (AvgIpc) is 1.81. The lowest BCUT2D eigenvalue weighted by Gasteiger charge is -2.17. The number of hydrogen-bond acceptors (Lipinski definition) is 1. The van der Waals surface area contributed by atoms with Gasteiger partial charge in [0, 0.05) is 0 Å². The molecule has 0 fully saturated rings. The molecule has 0 aliphatic carbocycles. The molecule has 0 N–H and O–H groups in total. The van der Waals surface area contributed by atoms with Gasteiger partial charge in [-0.15, -0.1) is 23.2 Å². The Morgan fingerprint density at radius 3 is 1.90 bits per heavy atom. The van der Waals surface area contributed by atoms with Crippen molar-refractivity contribution in [3.05, 3.63) is 0 Å². The highest BCUT2D eigenvalue weighted by atomic mass is 35.5. The molecule has 1 amide bonds. The molecule has 2 nitrogen and oxygen atoms in total. The minimum Gasteiger partial charge on any atom is -0.313 e. The van der Waals surface area contributed by atoms with Crippen LogP contribution in [0.3, 0.4) is 0 Å². The Hall–Kier alpha value is 0.630. The molecule has 0 aromatic rings. The molecule has 0 spiro atoms. The van der Waals surface area contributed by atoms with E-state index in [1.165, 1.54) is 0 Å². The van der Waals surface area contributed by atoms with E-state index < -0.39 is 9.80 Å². The Balaban J connectivity index is 3.71. The van der Waals surface area contributed by atoms with Crippen LogP contribution in [0.2, 0.25) is 0 Å². The zero-order valence-corrected chi connectivity index (χ0v) is 7.83. The topological polar surface area (TPSA) is 20.3 Å². The van der Waals surface area contributed by atoms with Crippen LogP contribution in [0.5, 0.6) is 0 Å². The van der Waals surface area contributed by atoms with Crippen LogP contribution in [0.4, 0.5) is 0 Å². The number of halogens is 4. The Bertz CT molecular complexity index is 107. The number of carbonyl (C=O) groups is 1. The first-order valence-electron chi connectivity index (χ1n) is 2.35. The van der Waals surface area contributed by atoms with Gasteiger partial charge in [-0.2, -0.15) is 0 Å². The van der Waals surface area contributed by atoms with Crippen molar-refractivity contribution in [2.24, 2.45) is 0 Å². The average molecular weight is 225 g/mol. The smallest absolute Gasteiger partial charge is 0.211 e. The van der Waals surface area contributed by atoms with E-state index >= 15 is 0 Å². The molecule has 0 heterocycles. The van der Waals surface area contributed by atoms with Crippen molar-refractivity contribution >= 4 is 52.8 Å². The van der Waals surface area contributed by atoms with Crippen LogP contribution in [-0.4, -0.2) is 27.7 Å². The minimum atomic E-state index is -0.891. The molecule has 0 aliphatic heterocycles. The maximum Gasteiger partial charge on any atom is 0.211 e. The normalized spacial score (nSPS) is 10.6. The van der Waals surface area contributed by atoms with Gasteiger partial charge in [0.15, 0.2) is 4.96 Å². The van der Waals surface area contributed by atoms with Gasteiger partial charge in [0.2, 0.25) is 6.41 Å². The SMILES string of the molecule is O=CN(CC(Cl)Cl)C(Cl)Cl. The van der Waals surface area contributed by atoms with Crippen LogP contribution < -0.4 is 0 Å². The summed E-state index contributed by atoms with van der Waals surface area (Å²) in [6.45, 7) is 0.129. The summed E-state index contributed by atoms with van der Waals surface area (Å²) in [5, 5.41) is 0. The summed E-state index contributed by atoms with van der Waals surface area (Å²) < 4.78 is 0. The second-order valence-corrected chi connectivity index (χ2v) is 3.80. The van der Waals surface area contributed by atoms with Gasteiger partial charge in [-0.1, -0.05) is 23.2 Å². The number of hydrogen-bond donors (Lipinski definition) is 0. The molecule has 0 saturated heterocycles. The van der Waals surface area contributed by atoms with Crippen molar-refractivity contribution < 1.29 is 4.79 Å². The van der Waals surface area contributed by atoms with E-state index in [-0.39, 0.29) is 6.54 Å². The van der Waals surface area contributed by atoms with Gasteiger partial charge in [-0.3, -0.25) is 4.79 Å². The van der Waals surface area contributed by atoms with Crippen LogP contribution in [0.15, 0.2) is 0 Å². The molecule has 0 aromatic heterocycles. The summed E-state index contributed by atoms with van der Waals surface area (Å²) in [5.41, 5.74) is 0. The highest BCUT2D eigenvalue weighted by Crippen LogP contribution is 2.11. The fourth-order valence-electron chi connectivity index (χ4n) is 0.328. The predicted molar refractivity (Wildman–Crippen MR) is 43.8 cm³/mol. The third-order valence-corrected chi connectivity index (χ3v) is 1.51. The van der Waals surface area contributed by atoms with Gasteiger partial charge >= 0.3 is 0 Å². The second kappa shape index (κ2) is 5.30. The zero-order valence-electron chi connectivity index (χ0n) is 4.81. The lowest BCUT2D eigenvalue weighted by molar-refractivity contribution is -0.117. The van der Waals surface area contributed by atoms with E-state index in [0.29, 0.717) is 6.41 Å². The number of carbonyl (C=O) groups excluding carboxylic acids is 1. The van der Waals surface area contributed by atoms with Gasteiger partial charge in [0.05, 0.1) is 6.54 Å². The van der Waals surface area contributed by atoms with Crippen LogP contribution in [0.25, 0.3) is 0 Å². The van der Waals surface area contributed by atoms with Gasteiger partial charge in [0.1, 0.15) is 4.84 Å². The first kappa shape index (κ1) is 10.6. The fraction of sp³-hybridized carbons (Fsp3) is 0.750. The number of amides is 1. The molecule has 0 atom stereocenters. The Labute approximate surface area is 79.0 Å². The number of alkyl halides is 4. The maximum atomic E-state index is 10.1. The van der Waals surface area contributed by atoms with Crippen LogP contribution in [0, 0.1) is 0 Å². The Morgan fingerprint density at radius 2 is 1.80 bits per heavy atom. The lowest BCUT2D eigenvalue weighted by Crippen LogP contribution is -2.30. The van der Waals surface area contributed by atoms with Crippen molar-refractivity contribution in [1.82, 2.24) is 4.90 Å². The molecule has 0 bridgehead atoms. The highest BCUT2D eigenvalue weighted by molar-refractivity contribution is 6.45. The summed E-state index contributed by atoms with van der Waals surface area (Å²) in [7, 11) is 0. The number of nitrogens with zero attached hydrogens (tertiary/aromatic N) is 1. The van der Waals surface area contributed by atoms with Crippen molar-refractivity contribution in [3.63, 3.8) is 0 Å². The van der Waals surface area contributed by atoms with E-state index in [0.717, 1.165) is 4.90 Å². The van der Waals surface area contributed by atoms with Gasteiger partial charge < -0.3 is 4.90 Å². The van der Waals surface area contributed by atoms with Crippen molar-refractivity contribution in [1.29, 1.82) is 0 Å². The van der Waals surface area contributed by atoms with Gasteiger partial charge in [-0.05, 0) is 0 Å². The van der Waals surface area contributed by atoms with Gasteiger partial charge in [0.25, 0.3) is 0 Å². The molecular weight excluding hydrogens is 220 g/mol. The molecule has 10 heavy (non-hydrogen) atoms. The summed E-state index contributed by atoms with van der Waals surface area (Å²) in [4.78, 5) is 9.65. The van der Waals surface area contributed by atoms with E-state index in [4.69, 9.17) is 46.4 Å². The van der Waals surface area contributed by atoms with E-state index in [9.17, 15) is 4.79 Å². The van der Waals surface area contributed by atoms with Crippen LogP contribution >= 0.6 is 46.4 Å². The van der Waals surface area contributed by atoms with Gasteiger partial charge in [-0.25, -0.2) is 0 Å². The molecule has 0 radical (unpaired) electrons. The van der Waals surface area contributed by atoms with Crippen LogP contribution in [0.1, 0.15) is 0 Å². The van der Waals surface area contributed by atoms with Crippen molar-refractivity contribution in [2.75, 3.05) is 6.54 Å². The third-order valence-electron chi connectivity index (χ3n) is 0.735. The summed E-state index contributed by atoms with van der Waals surface area (Å²) in [6, 6.07) is 0. The summed E-state index contributed by atoms with van der Waals surface area (Å²) >= 11 is 21.3. The molecule has 0 unspecified atom stereocenters. The summed E-state index contributed by atoms with van der Waals surface area (Å²) in [6.07, 6.45) is 0.489. The molecule has 0 aromatic carbocycles.